The highest BCUT2D eigenvalue weighted by atomic mass is 35.5. The molecule has 78 valence electrons. The molecule has 0 aliphatic heterocycles. The van der Waals surface area contributed by atoms with Gasteiger partial charge in [-0.3, -0.25) is 0 Å². The summed E-state index contributed by atoms with van der Waals surface area (Å²) in [5.74, 6) is -0.117. The molecule has 0 aromatic heterocycles. The highest BCUT2D eigenvalue weighted by Gasteiger charge is 2.09. The first-order valence-electron chi connectivity index (χ1n) is 4.72. The van der Waals surface area contributed by atoms with Gasteiger partial charge in [-0.15, -0.1) is 0 Å². The van der Waals surface area contributed by atoms with Crippen LogP contribution in [0.1, 0.15) is 18.9 Å². The Morgan fingerprint density at radius 1 is 1.50 bits per heavy atom. The Kier molecular flexibility index (Phi) is 4.36. The molecule has 0 fully saturated rings. The van der Waals surface area contributed by atoms with Crippen molar-refractivity contribution in [2.75, 3.05) is 6.61 Å². The van der Waals surface area contributed by atoms with Crippen LogP contribution in [-0.4, -0.2) is 11.7 Å². The first kappa shape index (κ1) is 11.5. The molecule has 0 amide bonds. The molecule has 1 nitrogen and oxygen atoms in total. The number of aliphatic hydroxyl groups excluding tert-OH is 1. The molecule has 14 heavy (non-hydrogen) atoms. The maximum Gasteiger partial charge on any atom is 0.124 e. The van der Waals surface area contributed by atoms with Gasteiger partial charge < -0.3 is 5.11 Å². The predicted octanol–water partition coefficient (Wildman–Crippen LogP) is 3.04. The molecule has 0 aliphatic carbocycles. The summed E-state index contributed by atoms with van der Waals surface area (Å²) in [6.45, 7) is 2.16. The molecular weight excluding hydrogens is 203 g/mol. The Bertz CT molecular complexity index is 297. The normalized spacial score (nSPS) is 12.9. The first-order valence-corrected chi connectivity index (χ1v) is 5.10. The Balaban J connectivity index is 2.76. The highest BCUT2D eigenvalue weighted by molar-refractivity contribution is 6.31. The van der Waals surface area contributed by atoms with Crippen molar-refractivity contribution in [3.63, 3.8) is 0 Å². The zero-order valence-corrected chi connectivity index (χ0v) is 8.89. The lowest BCUT2D eigenvalue weighted by atomic mass is 9.98. The Hall–Kier alpha value is -0.600. The van der Waals surface area contributed by atoms with Gasteiger partial charge in [-0.05, 0) is 30.0 Å². The van der Waals surface area contributed by atoms with Gasteiger partial charge in [0.25, 0.3) is 0 Å². The van der Waals surface area contributed by atoms with Crippen LogP contribution in [0.4, 0.5) is 4.39 Å². The monoisotopic (exact) mass is 216 g/mol. The zero-order valence-electron chi connectivity index (χ0n) is 8.13. The van der Waals surface area contributed by atoms with Crippen LogP contribution in [-0.2, 0) is 6.42 Å². The molecule has 0 aliphatic rings. The predicted molar refractivity (Wildman–Crippen MR) is 56.0 cm³/mol. The molecular formula is C11H14ClFO. The summed E-state index contributed by atoms with van der Waals surface area (Å²) in [4.78, 5) is 0. The van der Waals surface area contributed by atoms with Crippen LogP contribution in [0.2, 0.25) is 5.02 Å². The number of rotatable bonds is 4. The maximum absolute atomic E-state index is 12.7. The van der Waals surface area contributed by atoms with Crippen LogP contribution in [0, 0.1) is 11.7 Å². The second-order valence-electron chi connectivity index (χ2n) is 3.40. The van der Waals surface area contributed by atoms with Crippen LogP contribution in [0.3, 0.4) is 0 Å². The largest absolute Gasteiger partial charge is 0.396 e. The number of hydrogen-bond acceptors (Lipinski definition) is 1. The smallest absolute Gasteiger partial charge is 0.124 e. The summed E-state index contributed by atoms with van der Waals surface area (Å²) >= 11 is 5.87. The minimum atomic E-state index is -0.323. The van der Waals surface area contributed by atoms with Gasteiger partial charge in [0, 0.05) is 11.6 Å². The second-order valence-corrected chi connectivity index (χ2v) is 3.80. The molecule has 0 spiro atoms. The van der Waals surface area contributed by atoms with Gasteiger partial charge in [0.2, 0.25) is 0 Å². The third-order valence-corrected chi connectivity index (χ3v) is 2.71. The summed E-state index contributed by atoms with van der Waals surface area (Å²) in [5.41, 5.74) is 0.897. The molecule has 1 atom stereocenters. The lowest BCUT2D eigenvalue weighted by molar-refractivity contribution is 0.222. The number of benzene rings is 1. The average molecular weight is 217 g/mol. The van der Waals surface area contributed by atoms with E-state index in [1.165, 1.54) is 12.1 Å². The van der Waals surface area contributed by atoms with Crippen molar-refractivity contribution in [3.8, 4) is 0 Å². The van der Waals surface area contributed by atoms with Gasteiger partial charge in [0.15, 0.2) is 0 Å². The molecule has 0 radical (unpaired) electrons. The third kappa shape index (κ3) is 2.96. The van der Waals surface area contributed by atoms with Gasteiger partial charge in [0.1, 0.15) is 5.82 Å². The minimum Gasteiger partial charge on any atom is -0.396 e. The van der Waals surface area contributed by atoms with E-state index in [4.69, 9.17) is 16.7 Å². The Labute approximate surface area is 88.5 Å². The van der Waals surface area contributed by atoms with E-state index in [0.717, 1.165) is 12.0 Å². The standard InChI is InChI=1S/C11H14ClFO/c1-2-8(7-14)5-9-3-4-10(13)6-11(9)12/h3-4,6,8,14H,2,5,7H2,1H3. The number of aliphatic hydroxyl groups is 1. The lowest BCUT2D eigenvalue weighted by Gasteiger charge is -2.12. The zero-order chi connectivity index (χ0) is 10.6. The fourth-order valence-corrected chi connectivity index (χ4v) is 1.58. The fraction of sp³-hybridized carbons (Fsp3) is 0.455. The first-order chi connectivity index (χ1) is 6.67. The van der Waals surface area contributed by atoms with Gasteiger partial charge in [-0.1, -0.05) is 31.0 Å². The van der Waals surface area contributed by atoms with E-state index in [1.807, 2.05) is 6.92 Å². The quantitative estimate of drug-likeness (QED) is 0.820. The molecule has 0 bridgehead atoms. The van der Waals surface area contributed by atoms with Gasteiger partial charge >= 0.3 is 0 Å². The third-order valence-electron chi connectivity index (χ3n) is 2.36. The number of hydrogen-bond donors (Lipinski definition) is 1. The number of halogens is 2. The molecule has 1 N–H and O–H groups in total. The van der Waals surface area contributed by atoms with Crippen LogP contribution in [0.25, 0.3) is 0 Å². The van der Waals surface area contributed by atoms with Crippen molar-refractivity contribution in [1.29, 1.82) is 0 Å². The molecule has 1 rings (SSSR count). The summed E-state index contributed by atoms with van der Waals surface area (Å²) in [7, 11) is 0. The van der Waals surface area contributed by atoms with Crippen molar-refractivity contribution < 1.29 is 9.50 Å². The van der Waals surface area contributed by atoms with E-state index in [0.29, 0.717) is 11.4 Å². The van der Waals surface area contributed by atoms with Gasteiger partial charge in [0.05, 0.1) is 0 Å². The lowest BCUT2D eigenvalue weighted by Crippen LogP contribution is -2.08. The van der Waals surface area contributed by atoms with E-state index in [9.17, 15) is 4.39 Å². The molecule has 0 saturated carbocycles. The van der Waals surface area contributed by atoms with Crippen molar-refractivity contribution in [2.45, 2.75) is 19.8 Å². The Morgan fingerprint density at radius 2 is 2.21 bits per heavy atom. The van der Waals surface area contributed by atoms with E-state index in [1.54, 1.807) is 6.07 Å². The summed E-state index contributed by atoms with van der Waals surface area (Å²) in [6, 6.07) is 4.38. The second kappa shape index (κ2) is 5.32. The molecule has 3 heteroatoms. The van der Waals surface area contributed by atoms with E-state index < -0.39 is 0 Å². The molecule has 1 unspecified atom stereocenters. The van der Waals surface area contributed by atoms with Gasteiger partial charge in [-0.25, -0.2) is 4.39 Å². The van der Waals surface area contributed by atoms with Crippen LogP contribution in [0.5, 0.6) is 0 Å². The van der Waals surface area contributed by atoms with Crippen LogP contribution < -0.4 is 0 Å². The van der Waals surface area contributed by atoms with Crippen molar-refractivity contribution in [1.82, 2.24) is 0 Å². The topological polar surface area (TPSA) is 20.2 Å². The van der Waals surface area contributed by atoms with Crippen LogP contribution >= 0.6 is 11.6 Å². The Morgan fingerprint density at radius 3 is 2.71 bits per heavy atom. The van der Waals surface area contributed by atoms with E-state index in [-0.39, 0.29) is 18.3 Å². The van der Waals surface area contributed by atoms with E-state index in [2.05, 4.69) is 0 Å². The molecule has 1 aromatic rings. The highest BCUT2D eigenvalue weighted by Crippen LogP contribution is 2.21. The van der Waals surface area contributed by atoms with Crippen LogP contribution in [0.15, 0.2) is 18.2 Å². The minimum absolute atomic E-state index is 0.143. The summed E-state index contributed by atoms with van der Waals surface area (Å²) in [5, 5.41) is 9.46. The molecule has 1 aromatic carbocycles. The fourth-order valence-electron chi connectivity index (χ4n) is 1.34. The summed E-state index contributed by atoms with van der Waals surface area (Å²) in [6.07, 6.45) is 1.59. The SMILES string of the molecule is CCC(CO)Cc1ccc(F)cc1Cl. The molecule has 0 saturated heterocycles. The maximum atomic E-state index is 12.7. The average Bonchev–Trinajstić information content (AvgIpc) is 2.17. The van der Waals surface area contributed by atoms with E-state index >= 15 is 0 Å². The molecule has 0 heterocycles. The van der Waals surface area contributed by atoms with Crippen molar-refractivity contribution in [3.05, 3.63) is 34.6 Å². The van der Waals surface area contributed by atoms with Crippen molar-refractivity contribution in [2.24, 2.45) is 5.92 Å². The van der Waals surface area contributed by atoms with Crippen molar-refractivity contribution >= 4 is 11.6 Å². The van der Waals surface area contributed by atoms with Gasteiger partial charge in [-0.2, -0.15) is 0 Å². The summed E-state index contributed by atoms with van der Waals surface area (Å²) < 4.78 is 12.7.